The molecule has 1 aromatic rings. The number of imide groups is 1. The normalized spacial score (nSPS) is 29.1. The Bertz CT molecular complexity index is 531. The molecule has 0 aromatic heterocycles. The lowest BCUT2D eigenvalue weighted by molar-refractivity contribution is -0.140. The molecule has 1 aromatic carbocycles. The van der Waals surface area contributed by atoms with Crippen LogP contribution >= 0.6 is 0 Å². The maximum atomic E-state index is 12.3. The van der Waals surface area contributed by atoms with Gasteiger partial charge in [0.15, 0.2) is 0 Å². The average molecular weight is 272 g/mol. The number of rotatable bonds is 3. The van der Waals surface area contributed by atoms with Gasteiger partial charge in [0.2, 0.25) is 11.8 Å². The summed E-state index contributed by atoms with van der Waals surface area (Å²) in [6.45, 7) is 2.57. The third-order valence-electron chi connectivity index (χ3n) is 4.62. The zero-order valence-corrected chi connectivity index (χ0v) is 11.7. The molecule has 1 aliphatic heterocycles. The Kier molecular flexibility index (Phi) is 3.24. The van der Waals surface area contributed by atoms with Crippen LogP contribution in [0, 0.1) is 17.8 Å². The van der Waals surface area contributed by atoms with Crippen molar-refractivity contribution in [1.82, 2.24) is 4.90 Å². The van der Waals surface area contributed by atoms with Gasteiger partial charge < -0.3 is 5.73 Å². The molecule has 2 N–H and O–H groups in total. The van der Waals surface area contributed by atoms with E-state index in [1.165, 1.54) is 4.90 Å². The first-order chi connectivity index (χ1) is 9.58. The van der Waals surface area contributed by atoms with E-state index in [2.05, 4.69) is 6.92 Å². The smallest absolute Gasteiger partial charge is 0.233 e. The number of fused-ring (bicyclic) bond motifs is 1. The van der Waals surface area contributed by atoms with Gasteiger partial charge in [-0.25, -0.2) is 0 Å². The molecule has 1 saturated carbocycles. The molecular weight excluding hydrogens is 252 g/mol. The Labute approximate surface area is 118 Å². The van der Waals surface area contributed by atoms with E-state index in [9.17, 15) is 9.59 Å². The minimum Gasteiger partial charge on any atom is -0.399 e. The summed E-state index contributed by atoms with van der Waals surface area (Å²) >= 11 is 0. The summed E-state index contributed by atoms with van der Waals surface area (Å²) in [4.78, 5) is 26.1. The summed E-state index contributed by atoms with van der Waals surface area (Å²) in [6, 6.07) is 7.61. The molecular formula is C16H20N2O2. The molecule has 3 rings (SSSR count). The van der Waals surface area contributed by atoms with Gasteiger partial charge in [-0.3, -0.25) is 14.5 Å². The summed E-state index contributed by atoms with van der Waals surface area (Å²) in [5.74, 6) is 0.416. The predicted molar refractivity (Wildman–Crippen MR) is 76.7 cm³/mol. The van der Waals surface area contributed by atoms with Crippen LogP contribution in [0.2, 0.25) is 0 Å². The lowest BCUT2D eigenvalue weighted by Gasteiger charge is -2.17. The largest absolute Gasteiger partial charge is 0.399 e. The van der Waals surface area contributed by atoms with E-state index in [-0.39, 0.29) is 23.7 Å². The lowest BCUT2D eigenvalue weighted by Crippen LogP contribution is -2.34. The van der Waals surface area contributed by atoms with E-state index in [0.717, 1.165) is 24.1 Å². The second-order valence-corrected chi connectivity index (χ2v) is 6.07. The first-order valence-corrected chi connectivity index (χ1v) is 7.26. The van der Waals surface area contributed by atoms with Gasteiger partial charge in [-0.05, 0) is 36.8 Å². The lowest BCUT2D eigenvalue weighted by atomic mass is 10.00. The van der Waals surface area contributed by atoms with Crippen LogP contribution in [0.25, 0.3) is 0 Å². The third kappa shape index (κ3) is 2.09. The van der Waals surface area contributed by atoms with Crippen molar-refractivity contribution >= 4 is 17.5 Å². The van der Waals surface area contributed by atoms with Crippen molar-refractivity contribution in [1.29, 1.82) is 0 Å². The Balaban J connectivity index is 1.69. The van der Waals surface area contributed by atoms with E-state index >= 15 is 0 Å². The fourth-order valence-corrected chi connectivity index (χ4v) is 3.56. The number of carbonyl (C=O) groups is 2. The van der Waals surface area contributed by atoms with Crippen molar-refractivity contribution < 1.29 is 9.59 Å². The Morgan fingerprint density at radius 1 is 1.15 bits per heavy atom. The molecule has 0 spiro atoms. The summed E-state index contributed by atoms with van der Waals surface area (Å²) in [7, 11) is 0. The Morgan fingerprint density at radius 2 is 1.75 bits per heavy atom. The molecule has 1 saturated heterocycles. The minimum atomic E-state index is -0.0642. The first kappa shape index (κ1) is 13.2. The molecule has 20 heavy (non-hydrogen) atoms. The Hall–Kier alpha value is -1.84. The second-order valence-electron chi connectivity index (χ2n) is 6.07. The molecule has 2 aliphatic rings. The highest BCUT2D eigenvalue weighted by atomic mass is 16.2. The van der Waals surface area contributed by atoms with Gasteiger partial charge in [-0.1, -0.05) is 25.1 Å². The van der Waals surface area contributed by atoms with Crippen LogP contribution in [0.5, 0.6) is 0 Å². The average Bonchev–Trinajstić information content (AvgIpc) is 2.90. The van der Waals surface area contributed by atoms with Gasteiger partial charge in [0.25, 0.3) is 0 Å². The molecule has 0 bridgehead atoms. The highest BCUT2D eigenvalue weighted by Crippen LogP contribution is 2.42. The maximum absolute atomic E-state index is 12.3. The number of anilines is 1. The number of amides is 2. The number of nitrogens with zero attached hydrogens (tertiary/aromatic N) is 1. The van der Waals surface area contributed by atoms with Gasteiger partial charge in [0.05, 0.1) is 11.8 Å². The van der Waals surface area contributed by atoms with Crippen LogP contribution in [-0.2, 0) is 16.0 Å². The molecule has 4 nitrogen and oxygen atoms in total. The monoisotopic (exact) mass is 272 g/mol. The van der Waals surface area contributed by atoms with Crippen LogP contribution in [0.3, 0.4) is 0 Å². The molecule has 4 heteroatoms. The number of nitrogen functional groups attached to an aromatic ring is 1. The summed E-state index contributed by atoms with van der Waals surface area (Å²) in [5, 5.41) is 0. The summed E-state index contributed by atoms with van der Waals surface area (Å²) < 4.78 is 0. The quantitative estimate of drug-likeness (QED) is 0.674. The van der Waals surface area contributed by atoms with Crippen molar-refractivity contribution in [2.45, 2.75) is 26.2 Å². The van der Waals surface area contributed by atoms with Crippen molar-refractivity contribution in [3.05, 3.63) is 29.8 Å². The van der Waals surface area contributed by atoms with Gasteiger partial charge in [0, 0.05) is 12.2 Å². The first-order valence-electron chi connectivity index (χ1n) is 7.26. The SMILES string of the molecule is CC1CC2C(=O)N(CCc3ccccc3N)C(=O)C2C1. The fourth-order valence-electron chi connectivity index (χ4n) is 3.56. The number of likely N-dealkylation sites (tertiary alicyclic amines) is 1. The van der Waals surface area contributed by atoms with Crippen molar-refractivity contribution in [2.75, 3.05) is 12.3 Å². The van der Waals surface area contributed by atoms with E-state index in [0.29, 0.717) is 18.9 Å². The number of hydrogen-bond acceptors (Lipinski definition) is 3. The van der Waals surface area contributed by atoms with Crippen molar-refractivity contribution in [3.8, 4) is 0 Å². The number of nitrogens with two attached hydrogens (primary N) is 1. The van der Waals surface area contributed by atoms with Crippen LogP contribution in [-0.4, -0.2) is 23.3 Å². The summed E-state index contributed by atoms with van der Waals surface area (Å²) in [6.07, 6.45) is 2.36. The molecule has 0 radical (unpaired) electrons. The second kappa shape index (κ2) is 4.93. The Morgan fingerprint density at radius 3 is 2.35 bits per heavy atom. The zero-order chi connectivity index (χ0) is 14.3. The molecule has 2 atom stereocenters. The fraction of sp³-hybridized carbons (Fsp3) is 0.500. The van der Waals surface area contributed by atoms with E-state index in [4.69, 9.17) is 5.73 Å². The van der Waals surface area contributed by atoms with Crippen molar-refractivity contribution in [3.63, 3.8) is 0 Å². The minimum absolute atomic E-state index is 0.0267. The number of hydrogen-bond donors (Lipinski definition) is 1. The zero-order valence-electron chi connectivity index (χ0n) is 11.7. The number of carbonyl (C=O) groups excluding carboxylic acids is 2. The molecule has 2 fully saturated rings. The predicted octanol–water partition coefficient (Wildman–Crippen LogP) is 1.84. The topological polar surface area (TPSA) is 63.4 Å². The van der Waals surface area contributed by atoms with E-state index < -0.39 is 0 Å². The van der Waals surface area contributed by atoms with Gasteiger partial charge >= 0.3 is 0 Å². The number of para-hydroxylation sites is 1. The molecule has 2 amide bonds. The van der Waals surface area contributed by atoms with Gasteiger partial charge in [-0.2, -0.15) is 0 Å². The third-order valence-corrected chi connectivity index (χ3v) is 4.62. The van der Waals surface area contributed by atoms with Gasteiger partial charge in [0.1, 0.15) is 0 Å². The molecule has 106 valence electrons. The highest BCUT2D eigenvalue weighted by molar-refractivity contribution is 6.05. The van der Waals surface area contributed by atoms with E-state index in [1.807, 2.05) is 24.3 Å². The van der Waals surface area contributed by atoms with E-state index in [1.54, 1.807) is 0 Å². The van der Waals surface area contributed by atoms with Crippen LogP contribution in [0.1, 0.15) is 25.3 Å². The highest BCUT2D eigenvalue weighted by Gasteiger charge is 2.51. The molecule has 1 aliphatic carbocycles. The van der Waals surface area contributed by atoms with Gasteiger partial charge in [-0.15, -0.1) is 0 Å². The van der Waals surface area contributed by atoms with Crippen LogP contribution in [0.4, 0.5) is 5.69 Å². The van der Waals surface area contributed by atoms with Crippen LogP contribution in [0.15, 0.2) is 24.3 Å². The van der Waals surface area contributed by atoms with Crippen LogP contribution < -0.4 is 5.73 Å². The van der Waals surface area contributed by atoms with Crippen molar-refractivity contribution in [2.24, 2.45) is 17.8 Å². The molecule has 1 heterocycles. The molecule has 2 unspecified atom stereocenters. The summed E-state index contributed by atoms with van der Waals surface area (Å²) in [5.41, 5.74) is 7.62. The standard InChI is InChI=1S/C16H20N2O2/c1-10-8-12-13(9-10)16(20)18(15(12)19)7-6-11-4-2-3-5-14(11)17/h2-5,10,12-13H,6-9,17H2,1H3. The maximum Gasteiger partial charge on any atom is 0.233 e. The number of benzene rings is 1.